The molecule has 0 aromatic rings. The molecule has 60 valence electrons. The van der Waals surface area contributed by atoms with Crippen LogP contribution in [0, 0.1) is 23.7 Å². The van der Waals surface area contributed by atoms with Gasteiger partial charge in [-0.1, -0.05) is 12.2 Å². The number of hydrogen-bond acceptors (Lipinski definition) is 0. The summed E-state index contributed by atoms with van der Waals surface area (Å²) < 4.78 is 0. The molecule has 3 rings (SSSR count). The van der Waals surface area contributed by atoms with Crippen molar-refractivity contribution in [3.05, 3.63) is 12.2 Å². The highest BCUT2D eigenvalue weighted by molar-refractivity contribution is 6.22. The third-order valence-corrected chi connectivity index (χ3v) is 4.37. The Bertz CT molecular complexity index is 209. The largest absolute Gasteiger partial charge is 0.118 e. The van der Waals surface area contributed by atoms with Crippen LogP contribution < -0.4 is 0 Å². The molecule has 0 amide bonds. The molecule has 0 aromatic heterocycles. The average Bonchev–Trinajstić information content (AvgIpc) is 2.60. The molecule has 0 saturated heterocycles. The number of alkyl halides is 1. The van der Waals surface area contributed by atoms with Crippen molar-refractivity contribution in [2.45, 2.75) is 24.6 Å². The fourth-order valence-electron chi connectivity index (χ4n) is 3.50. The summed E-state index contributed by atoms with van der Waals surface area (Å²) in [6, 6.07) is 0. The molecule has 3 aliphatic carbocycles. The number of rotatable bonds is 0. The van der Waals surface area contributed by atoms with E-state index >= 15 is 0 Å². The van der Waals surface area contributed by atoms with Crippen molar-refractivity contribution in [1.29, 1.82) is 0 Å². The van der Waals surface area contributed by atoms with Gasteiger partial charge in [0.05, 0.1) is 5.38 Å². The van der Waals surface area contributed by atoms with E-state index < -0.39 is 0 Å². The summed E-state index contributed by atoms with van der Waals surface area (Å²) in [5.74, 6) is 3.68. The molecule has 0 heterocycles. The molecular weight excluding hydrogens is 156 g/mol. The molecule has 0 aliphatic heterocycles. The van der Waals surface area contributed by atoms with Crippen molar-refractivity contribution in [2.75, 3.05) is 0 Å². The number of hydrogen-bond donors (Lipinski definition) is 0. The highest BCUT2D eigenvalue weighted by Crippen LogP contribution is 2.57. The van der Waals surface area contributed by atoms with Gasteiger partial charge in [-0.3, -0.25) is 0 Å². The molecule has 0 unspecified atom stereocenters. The molecule has 0 radical (unpaired) electrons. The third-order valence-electron chi connectivity index (χ3n) is 3.93. The van der Waals surface area contributed by atoms with E-state index in [4.69, 9.17) is 11.6 Å². The Labute approximate surface area is 72.6 Å². The zero-order chi connectivity index (χ0) is 7.42. The van der Waals surface area contributed by atoms with Crippen LogP contribution in [-0.4, -0.2) is 5.38 Å². The van der Waals surface area contributed by atoms with E-state index in [1.807, 2.05) is 0 Å². The maximum atomic E-state index is 6.22. The van der Waals surface area contributed by atoms with Crippen LogP contribution >= 0.6 is 11.6 Å². The number of halogens is 1. The van der Waals surface area contributed by atoms with Crippen molar-refractivity contribution in [3.63, 3.8) is 0 Å². The highest BCUT2D eigenvalue weighted by atomic mass is 35.5. The van der Waals surface area contributed by atoms with E-state index in [0.717, 1.165) is 23.7 Å². The Morgan fingerprint density at radius 2 is 1.91 bits per heavy atom. The summed E-state index contributed by atoms with van der Waals surface area (Å²) in [5.41, 5.74) is 0. The Kier molecular flexibility index (Phi) is 1.21. The van der Waals surface area contributed by atoms with Crippen molar-refractivity contribution in [2.24, 2.45) is 23.7 Å². The molecule has 2 fully saturated rings. The quantitative estimate of drug-likeness (QED) is 0.386. The van der Waals surface area contributed by atoms with Crippen LogP contribution in [0.2, 0.25) is 0 Å². The Hall–Kier alpha value is 0.0300. The Morgan fingerprint density at radius 3 is 2.73 bits per heavy atom. The molecular formula is C10H13Cl. The summed E-state index contributed by atoms with van der Waals surface area (Å²) in [6.45, 7) is 0. The van der Waals surface area contributed by atoms with Gasteiger partial charge in [0.1, 0.15) is 0 Å². The topological polar surface area (TPSA) is 0 Å². The fourth-order valence-corrected chi connectivity index (χ4v) is 3.96. The fraction of sp³-hybridized carbons (Fsp3) is 0.800. The van der Waals surface area contributed by atoms with E-state index in [1.54, 1.807) is 0 Å². The zero-order valence-corrected chi connectivity index (χ0v) is 7.30. The van der Waals surface area contributed by atoms with E-state index in [9.17, 15) is 0 Å². The second-order valence-corrected chi connectivity index (χ2v) is 4.82. The molecule has 2 bridgehead atoms. The molecule has 0 spiro atoms. The minimum atomic E-state index is 0.371. The van der Waals surface area contributed by atoms with E-state index in [-0.39, 0.29) is 0 Å². The molecule has 0 nitrogen and oxygen atoms in total. The molecule has 2 saturated carbocycles. The summed E-state index contributed by atoms with van der Waals surface area (Å²) in [4.78, 5) is 0. The van der Waals surface area contributed by atoms with Crippen LogP contribution in [0.15, 0.2) is 12.2 Å². The first-order valence-corrected chi connectivity index (χ1v) is 5.12. The third kappa shape index (κ3) is 0.717. The standard InChI is InChI=1S/C10H13Cl/c11-9-4-3-8-6-1-2-7(5-6)10(8)9/h3-4,6-10H,1-2,5H2/t6-,7+,8-,9+,10+/m0/s1. The van der Waals surface area contributed by atoms with Crippen LogP contribution in [0.25, 0.3) is 0 Å². The first kappa shape index (κ1) is 6.54. The van der Waals surface area contributed by atoms with Crippen molar-refractivity contribution in [3.8, 4) is 0 Å². The van der Waals surface area contributed by atoms with Gasteiger partial charge in [-0.25, -0.2) is 0 Å². The zero-order valence-electron chi connectivity index (χ0n) is 6.54. The summed E-state index contributed by atoms with van der Waals surface area (Å²) in [7, 11) is 0. The van der Waals surface area contributed by atoms with Gasteiger partial charge in [0.25, 0.3) is 0 Å². The predicted molar refractivity (Wildman–Crippen MR) is 46.6 cm³/mol. The molecule has 0 aromatic carbocycles. The number of fused-ring (bicyclic) bond motifs is 5. The molecule has 11 heavy (non-hydrogen) atoms. The minimum Gasteiger partial charge on any atom is -0.118 e. The van der Waals surface area contributed by atoms with Crippen LogP contribution in [0.1, 0.15) is 19.3 Å². The van der Waals surface area contributed by atoms with Crippen molar-refractivity contribution >= 4 is 11.6 Å². The van der Waals surface area contributed by atoms with E-state index in [2.05, 4.69) is 12.2 Å². The summed E-state index contributed by atoms with van der Waals surface area (Å²) >= 11 is 6.22. The van der Waals surface area contributed by atoms with E-state index in [1.165, 1.54) is 19.3 Å². The van der Waals surface area contributed by atoms with Crippen LogP contribution in [-0.2, 0) is 0 Å². The normalized spacial score (nSPS) is 58.8. The predicted octanol–water partition coefficient (Wildman–Crippen LogP) is 2.83. The number of allylic oxidation sites excluding steroid dienone is 2. The second-order valence-electron chi connectivity index (χ2n) is 4.32. The van der Waals surface area contributed by atoms with Crippen LogP contribution in [0.5, 0.6) is 0 Å². The van der Waals surface area contributed by atoms with Crippen LogP contribution in [0.3, 0.4) is 0 Å². The molecule has 1 heteroatoms. The van der Waals surface area contributed by atoms with Crippen molar-refractivity contribution < 1.29 is 0 Å². The SMILES string of the molecule is Cl[C@@H]1C=C[C@H]2[C@H]3CC[C@H](C3)[C@H]21. The highest BCUT2D eigenvalue weighted by Gasteiger charge is 2.50. The lowest BCUT2D eigenvalue weighted by Gasteiger charge is -2.26. The smallest absolute Gasteiger partial charge is 0.0552 e. The van der Waals surface area contributed by atoms with Gasteiger partial charge in [0, 0.05) is 0 Å². The lowest BCUT2D eigenvalue weighted by Crippen LogP contribution is -2.22. The average molecular weight is 169 g/mol. The summed E-state index contributed by atoms with van der Waals surface area (Å²) in [5, 5.41) is 0.371. The van der Waals surface area contributed by atoms with Gasteiger partial charge < -0.3 is 0 Å². The Morgan fingerprint density at radius 1 is 1.09 bits per heavy atom. The first-order valence-electron chi connectivity index (χ1n) is 4.68. The van der Waals surface area contributed by atoms with Gasteiger partial charge in [0.15, 0.2) is 0 Å². The van der Waals surface area contributed by atoms with Gasteiger partial charge >= 0.3 is 0 Å². The van der Waals surface area contributed by atoms with Gasteiger partial charge in [-0.05, 0) is 42.9 Å². The monoisotopic (exact) mass is 168 g/mol. The van der Waals surface area contributed by atoms with Gasteiger partial charge in [0.2, 0.25) is 0 Å². The first-order chi connectivity index (χ1) is 5.36. The maximum Gasteiger partial charge on any atom is 0.0552 e. The molecule has 3 aliphatic rings. The molecule has 0 N–H and O–H groups in total. The lowest BCUT2D eigenvalue weighted by molar-refractivity contribution is 0.288. The lowest BCUT2D eigenvalue weighted by atomic mass is 9.81. The van der Waals surface area contributed by atoms with Gasteiger partial charge in [-0.2, -0.15) is 0 Å². The van der Waals surface area contributed by atoms with Crippen molar-refractivity contribution in [1.82, 2.24) is 0 Å². The van der Waals surface area contributed by atoms with Crippen LogP contribution in [0.4, 0.5) is 0 Å². The summed E-state index contributed by atoms with van der Waals surface area (Å²) in [6.07, 6.45) is 9.01. The van der Waals surface area contributed by atoms with Gasteiger partial charge in [-0.15, -0.1) is 11.6 Å². The Balaban J connectivity index is 1.96. The second kappa shape index (κ2) is 2.04. The minimum absolute atomic E-state index is 0.371. The maximum absolute atomic E-state index is 6.22. The van der Waals surface area contributed by atoms with E-state index in [0.29, 0.717) is 5.38 Å². The molecule has 5 atom stereocenters.